The maximum absolute atomic E-state index is 9.22. The van der Waals surface area contributed by atoms with E-state index in [0.29, 0.717) is 0 Å². The molecule has 1 rings (SSSR count). The zero-order chi connectivity index (χ0) is 9.24. The van der Waals surface area contributed by atoms with Gasteiger partial charge in [0, 0.05) is 5.41 Å². The van der Waals surface area contributed by atoms with Gasteiger partial charge in [-0.1, -0.05) is 54.1 Å². The smallest absolute Gasteiger partial charge is 0.198 e. The highest BCUT2D eigenvalue weighted by atomic mass is 35.6. The van der Waals surface area contributed by atoms with Crippen molar-refractivity contribution in [1.82, 2.24) is 0 Å². The minimum Gasteiger partial charge on any atom is -0.396 e. The fraction of sp³-hybridized carbons (Fsp3) is 1.00. The molecule has 0 unspecified atom stereocenters. The number of aliphatic hydroxyl groups excluding tert-OH is 1. The third kappa shape index (κ3) is 2.01. The fourth-order valence-electron chi connectivity index (χ4n) is 1.76. The Bertz CT molecular complexity index is 147. The molecule has 1 nitrogen and oxygen atoms in total. The Labute approximate surface area is 88.0 Å². The van der Waals surface area contributed by atoms with Crippen molar-refractivity contribution in [2.45, 2.75) is 35.9 Å². The van der Waals surface area contributed by atoms with Crippen LogP contribution in [0.1, 0.15) is 32.1 Å². The molecule has 0 aliphatic heterocycles. The molecular formula is C8H13Cl3O. The van der Waals surface area contributed by atoms with Gasteiger partial charge in [0.05, 0.1) is 6.61 Å². The van der Waals surface area contributed by atoms with Crippen molar-refractivity contribution in [3.8, 4) is 0 Å². The van der Waals surface area contributed by atoms with Crippen LogP contribution in [0.2, 0.25) is 0 Å². The Morgan fingerprint density at radius 2 is 1.58 bits per heavy atom. The quantitative estimate of drug-likeness (QED) is 0.687. The van der Waals surface area contributed by atoms with E-state index in [1.807, 2.05) is 0 Å². The van der Waals surface area contributed by atoms with Crippen molar-refractivity contribution in [3.63, 3.8) is 0 Å². The minimum atomic E-state index is -1.32. The summed E-state index contributed by atoms with van der Waals surface area (Å²) >= 11 is 17.5. The van der Waals surface area contributed by atoms with Gasteiger partial charge in [0.25, 0.3) is 0 Å². The molecule has 1 saturated carbocycles. The first-order valence-electron chi connectivity index (χ1n) is 4.19. The highest BCUT2D eigenvalue weighted by molar-refractivity contribution is 6.68. The van der Waals surface area contributed by atoms with Crippen LogP contribution in [0.3, 0.4) is 0 Å². The first-order valence-corrected chi connectivity index (χ1v) is 5.33. The van der Waals surface area contributed by atoms with Crippen LogP contribution in [0.4, 0.5) is 0 Å². The molecule has 1 N–H and O–H groups in total. The zero-order valence-corrected chi connectivity index (χ0v) is 9.09. The van der Waals surface area contributed by atoms with E-state index >= 15 is 0 Å². The Kier molecular flexibility index (Phi) is 3.56. The van der Waals surface area contributed by atoms with Crippen LogP contribution in [0, 0.1) is 5.41 Å². The highest BCUT2D eigenvalue weighted by Gasteiger charge is 2.48. The molecule has 1 fully saturated rings. The highest BCUT2D eigenvalue weighted by Crippen LogP contribution is 2.52. The van der Waals surface area contributed by atoms with E-state index in [1.54, 1.807) is 0 Å². The number of alkyl halides is 3. The summed E-state index contributed by atoms with van der Waals surface area (Å²) in [5, 5.41) is 9.22. The number of halogens is 3. The summed E-state index contributed by atoms with van der Waals surface area (Å²) in [6.45, 7) is -0.0243. The van der Waals surface area contributed by atoms with Gasteiger partial charge in [-0.25, -0.2) is 0 Å². The Morgan fingerprint density at radius 3 is 1.83 bits per heavy atom. The number of hydrogen-bond donors (Lipinski definition) is 1. The van der Waals surface area contributed by atoms with E-state index in [1.165, 1.54) is 6.42 Å². The molecule has 0 radical (unpaired) electrons. The molecule has 1 aliphatic carbocycles. The van der Waals surface area contributed by atoms with Crippen molar-refractivity contribution in [2.75, 3.05) is 6.61 Å². The predicted molar refractivity (Wildman–Crippen MR) is 52.9 cm³/mol. The van der Waals surface area contributed by atoms with E-state index in [0.717, 1.165) is 25.7 Å². The van der Waals surface area contributed by atoms with Crippen LogP contribution in [0.15, 0.2) is 0 Å². The van der Waals surface area contributed by atoms with Gasteiger partial charge in [0.15, 0.2) is 3.79 Å². The van der Waals surface area contributed by atoms with Crippen LogP contribution < -0.4 is 0 Å². The number of rotatable bonds is 1. The van der Waals surface area contributed by atoms with Gasteiger partial charge in [-0.05, 0) is 12.8 Å². The molecule has 0 aromatic heterocycles. The van der Waals surface area contributed by atoms with Gasteiger partial charge in [0.1, 0.15) is 0 Å². The summed E-state index contributed by atoms with van der Waals surface area (Å²) < 4.78 is -1.32. The second-order valence-corrected chi connectivity index (χ2v) is 5.78. The molecule has 12 heavy (non-hydrogen) atoms. The lowest BCUT2D eigenvalue weighted by atomic mass is 9.76. The molecule has 0 bridgehead atoms. The van der Waals surface area contributed by atoms with Crippen LogP contribution >= 0.6 is 34.8 Å². The second kappa shape index (κ2) is 3.91. The topological polar surface area (TPSA) is 20.2 Å². The van der Waals surface area contributed by atoms with Gasteiger partial charge in [-0.15, -0.1) is 0 Å². The molecular weight excluding hydrogens is 218 g/mol. The monoisotopic (exact) mass is 230 g/mol. The summed E-state index contributed by atoms with van der Waals surface area (Å²) in [6.07, 6.45) is 4.92. The molecule has 0 spiro atoms. The average Bonchev–Trinajstić information content (AvgIpc) is 2.04. The summed E-state index contributed by atoms with van der Waals surface area (Å²) in [5.74, 6) is 0. The van der Waals surface area contributed by atoms with Gasteiger partial charge in [0.2, 0.25) is 0 Å². The first kappa shape index (κ1) is 10.9. The van der Waals surface area contributed by atoms with Crippen molar-refractivity contribution in [2.24, 2.45) is 5.41 Å². The molecule has 4 heteroatoms. The van der Waals surface area contributed by atoms with Crippen LogP contribution in [-0.4, -0.2) is 15.5 Å². The SMILES string of the molecule is OCC1(C(Cl)(Cl)Cl)CCCCC1. The number of aliphatic hydroxyl groups is 1. The fourth-order valence-corrected chi connectivity index (χ4v) is 2.51. The standard InChI is InChI=1S/C8H13Cl3O/c9-8(10,11)7(6-12)4-2-1-3-5-7/h12H,1-6H2. The van der Waals surface area contributed by atoms with Crippen LogP contribution in [-0.2, 0) is 0 Å². The normalized spacial score (nSPS) is 24.0. The third-order valence-corrected chi connectivity index (χ3v) is 3.92. The summed E-state index contributed by atoms with van der Waals surface area (Å²) in [5.41, 5.74) is -0.490. The second-order valence-electron chi connectivity index (χ2n) is 3.50. The van der Waals surface area contributed by atoms with Crippen LogP contribution in [0.25, 0.3) is 0 Å². The summed E-state index contributed by atoms with van der Waals surface area (Å²) in [4.78, 5) is 0. The minimum absolute atomic E-state index is 0.0243. The van der Waals surface area contributed by atoms with Gasteiger partial charge < -0.3 is 5.11 Å². The molecule has 0 saturated heterocycles. The van der Waals surface area contributed by atoms with Crippen LogP contribution in [0.5, 0.6) is 0 Å². The summed E-state index contributed by atoms with van der Waals surface area (Å²) in [7, 11) is 0. The lowest BCUT2D eigenvalue weighted by molar-refractivity contribution is 0.0858. The Hall–Kier alpha value is 0.830. The number of hydrogen-bond acceptors (Lipinski definition) is 1. The van der Waals surface area contributed by atoms with Crippen molar-refractivity contribution < 1.29 is 5.11 Å². The van der Waals surface area contributed by atoms with Gasteiger partial charge >= 0.3 is 0 Å². The molecule has 0 atom stereocenters. The Morgan fingerprint density at radius 1 is 1.08 bits per heavy atom. The van der Waals surface area contributed by atoms with Gasteiger partial charge in [-0.2, -0.15) is 0 Å². The zero-order valence-electron chi connectivity index (χ0n) is 6.82. The lowest BCUT2D eigenvalue weighted by Crippen LogP contribution is -2.40. The van der Waals surface area contributed by atoms with E-state index in [-0.39, 0.29) is 6.61 Å². The maximum atomic E-state index is 9.22. The largest absolute Gasteiger partial charge is 0.396 e. The molecule has 0 amide bonds. The summed E-state index contributed by atoms with van der Waals surface area (Å²) in [6, 6.07) is 0. The first-order chi connectivity index (χ1) is 5.52. The maximum Gasteiger partial charge on any atom is 0.198 e. The van der Waals surface area contributed by atoms with E-state index in [2.05, 4.69) is 0 Å². The molecule has 0 aromatic rings. The molecule has 0 heterocycles. The van der Waals surface area contributed by atoms with Crippen molar-refractivity contribution in [1.29, 1.82) is 0 Å². The molecule has 0 aromatic carbocycles. The van der Waals surface area contributed by atoms with E-state index in [9.17, 15) is 5.11 Å². The van der Waals surface area contributed by atoms with Crippen molar-refractivity contribution >= 4 is 34.8 Å². The van der Waals surface area contributed by atoms with E-state index in [4.69, 9.17) is 34.8 Å². The van der Waals surface area contributed by atoms with E-state index < -0.39 is 9.21 Å². The molecule has 72 valence electrons. The van der Waals surface area contributed by atoms with Gasteiger partial charge in [-0.3, -0.25) is 0 Å². The van der Waals surface area contributed by atoms with Crippen molar-refractivity contribution in [3.05, 3.63) is 0 Å². The Balaban J connectivity index is 2.73. The predicted octanol–water partition coefficient (Wildman–Crippen LogP) is 3.30. The average molecular weight is 232 g/mol. The lowest BCUT2D eigenvalue weighted by Gasteiger charge is -2.41. The third-order valence-electron chi connectivity index (χ3n) is 2.71. The molecule has 1 aliphatic rings.